The monoisotopic (exact) mass is 181 g/mol. The van der Waals surface area contributed by atoms with Crippen LogP contribution in [0.4, 0.5) is 0 Å². The molecule has 1 heterocycles. The Labute approximate surface area is 75.6 Å². The Morgan fingerprint density at radius 3 is 2.92 bits per heavy atom. The van der Waals surface area contributed by atoms with Crippen LogP contribution in [-0.2, 0) is 9.59 Å². The van der Waals surface area contributed by atoms with Crippen molar-refractivity contribution in [3.05, 3.63) is 11.6 Å². The predicted molar refractivity (Wildman–Crippen MR) is 44.7 cm³/mol. The molecule has 0 aromatic rings. The lowest BCUT2D eigenvalue weighted by Crippen LogP contribution is -2.54. The Kier molecular flexibility index (Phi) is 1.73. The molecule has 70 valence electrons. The van der Waals surface area contributed by atoms with Gasteiger partial charge in [0.25, 0.3) is 11.8 Å². The molecule has 1 fully saturated rings. The van der Waals surface area contributed by atoms with Crippen LogP contribution in [0.2, 0.25) is 0 Å². The van der Waals surface area contributed by atoms with Gasteiger partial charge in [-0.25, -0.2) is 0 Å². The molecule has 4 heteroatoms. The van der Waals surface area contributed by atoms with Gasteiger partial charge in [-0.3, -0.25) is 14.9 Å². The van der Waals surface area contributed by atoms with Gasteiger partial charge in [0, 0.05) is 6.08 Å². The molecule has 2 aliphatic rings. The van der Waals surface area contributed by atoms with E-state index in [9.17, 15) is 14.7 Å². The molecule has 0 aromatic carbocycles. The van der Waals surface area contributed by atoms with Gasteiger partial charge < -0.3 is 5.11 Å². The van der Waals surface area contributed by atoms with Gasteiger partial charge in [-0.2, -0.15) is 0 Å². The smallest absolute Gasteiger partial charge is 0.263 e. The maximum Gasteiger partial charge on any atom is 0.263 e. The first-order valence-corrected chi connectivity index (χ1v) is 4.42. The lowest BCUT2D eigenvalue weighted by molar-refractivity contribution is -0.143. The molecule has 1 aliphatic carbocycles. The summed E-state index contributed by atoms with van der Waals surface area (Å²) in [5.41, 5.74) is -0.820. The second-order valence-electron chi connectivity index (χ2n) is 3.56. The lowest BCUT2D eigenvalue weighted by Gasteiger charge is -2.35. The Morgan fingerprint density at radius 1 is 1.38 bits per heavy atom. The highest BCUT2D eigenvalue weighted by Crippen LogP contribution is 2.34. The van der Waals surface area contributed by atoms with E-state index >= 15 is 0 Å². The first kappa shape index (κ1) is 8.44. The minimum atomic E-state index is -1.40. The molecule has 1 aliphatic heterocycles. The molecule has 1 atom stereocenters. The standard InChI is InChI=1S/C9H11NO3/c11-7-5-6-3-1-2-4-9(6,13)8(12)10-7/h5,13H,1-4H2,(H,10,11,12)/t9-/m0/s1. The summed E-state index contributed by atoms with van der Waals surface area (Å²) in [6.07, 6.45) is 4.19. The zero-order chi connectivity index (χ0) is 9.47. The molecule has 2 rings (SSSR count). The fourth-order valence-electron chi connectivity index (χ4n) is 1.92. The summed E-state index contributed by atoms with van der Waals surface area (Å²) in [4.78, 5) is 22.3. The maximum absolute atomic E-state index is 11.3. The Morgan fingerprint density at radius 2 is 2.15 bits per heavy atom. The van der Waals surface area contributed by atoms with Gasteiger partial charge in [0.2, 0.25) is 0 Å². The van der Waals surface area contributed by atoms with Crippen molar-refractivity contribution in [1.82, 2.24) is 5.32 Å². The third kappa shape index (κ3) is 1.18. The fraction of sp³-hybridized carbons (Fsp3) is 0.556. The number of rotatable bonds is 0. The van der Waals surface area contributed by atoms with Crippen molar-refractivity contribution >= 4 is 11.8 Å². The van der Waals surface area contributed by atoms with Gasteiger partial charge in [0.05, 0.1) is 0 Å². The average Bonchev–Trinajstić information content (AvgIpc) is 2.07. The van der Waals surface area contributed by atoms with E-state index in [1.54, 1.807) is 0 Å². The highest BCUT2D eigenvalue weighted by atomic mass is 16.3. The quantitative estimate of drug-likeness (QED) is 0.512. The Hall–Kier alpha value is -1.16. The second-order valence-corrected chi connectivity index (χ2v) is 3.56. The SMILES string of the molecule is O=C1C=C2CCCC[C@@]2(O)C(=O)N1. The van der Waals surface area contributed by atoms with Gasteiger partial charge in [-0.1, -0.05) is 0 Å². The van der Waals surface area contributed by atoms with Crippen LogP contribution in [0.1, 0.15) is 25.7 Å². The zero-order valence-corrected chi connectivity index (χ0v) is 7.17. The molecule has 0 aromatic heterocycles. The summed E-state index contributed by atoms with van der Waals surface area (Å²) < 4.78 is 0. The van der Waals surface area contributed by atoms with Crippen molar-refractivity contribution in [1.29, 1.82) is 0 Å². The molecule has 4 nitrogen and oxygen atoms in total. The van der Waals surface area contributed by atoms with E-state index in [0.717, 1.165) is 12.8 Å². The first-order chi connectivity index (χ1) is 6.13. The van der Waals surface area contributed by atoms with Crippen LogP contribution >= 0.6 is 0 Å². The summed E-state index contributed by atoms with van der Waals surface area (Å²) >= 11 is 0. The van der Waals surface area contributed by atoms with Gasteiger partial charge >= 0.3 is 0 Å². The van der Waals surface area contributed by atoms with Crippen molar-refractivity contribution < 1.29 is 14.7 Å². The third-order valence-corrected chi connectivity index (χ3v) is 2.68. The van der Waals surface area contributed by atoms with Crippen molar-refractivity contribution in [2.24, 2.45) is 0 Å². The molecule has 0 bridgehead atoms. The molecule has 0 saturated heterocycles. The predicted octanol–water partition coefficient (Wildman–Crippen LogP) is -0.126. The number of hydrogen-bond acceptors (Lipinski definition) is 3. The molecular formula is C9H11NO3. The summed E-state index contributed by atoms with van der Waals surface area (Å²) in [6.45, 7) is 0. The molecule has 0 radical (unpaired) electrons. The van der Waals surface area contributed by atoms with Gasteiger partial charge in [0.15, 0.2) is 5.60 Å². The van der Waals surface area contributed by atoms with E-state index in [-0.39, 0.29) is 0 Å². The van der Waals surface area contributed by atoms with E-state index < -0.39 is 17.4 Å². The fourth-order valence-corrected chi connectivity index (χ4v) is 1.92. The van der Waals surface area contributed by atoms with E-state index in [2.05, 4.69) is 5.32 Å². The summed E-state index contributed by atoms with van der Waals surface area (Å²) in [5, 5.41) is 12.1. The normalized spacial score (nSPS) is 33.5. The van der Waals surface area contributed by atoms with Crippen LogP contribution < -0.4 is 5.32 Å². The minimum absolute atomic E-state index is 0.411. The molecule has 0 spiro atoms. The summed E-state index contributed by atoms with van der Waals surface area (Å²) in [7, 11) is 0. The van der Waals surface area contributed by atoms with Gasteiger partial charge in [-0.15, -0.1) is 0 Å². The van der Waals surface area contributed by atoms with Gasteiger partial charge in [-0.05, 0) is 31.3 Å². The van der Waals surface area contributed by atoms with Crippen molar-refractivity contribution in [2.75, 3.05) is 0 Å². The second kappa shape index (κ2) is 2.67. The van der Waals surface area contributed by atoms with Crippen LogP contribution in [0.25, 0.3) is 0 Å². The topological polar surface area (TPSA) is 66.4 Å². The largest absolute Gasteiger partial charge is 0.376 e. The van der Waals surface area contributed by atoms with Crippen LogP contribution in [0.15, 0.2) is 11.6 Å². The van der Waals surface area contributed by atoms with Gasteiger partial charge in [0.1, 0.15) is 0 Å². The molecule has 2 N–H and O–H groups in total. The number of amides is 2. The molecule has 1 saturated carbocycles. The number of hydrogen-bond donors (Lipinski definition) is 2. The number of imide groups is 1. The van der Waals surface area contributed by atoms with E-state index in [1.807, 2.05) is 0 Å². The van der Waals surface area contributed by atoms with Crippen LogP contribution in [0.5, 0.6) is 0 Å². The first-order valence-electron chi connectivity index (χ1n) is 4.42. The van der Waals surface area contributed by atoms with Crippen LogP contribution in [0, 0.1) is 0 Å². The van der Waals surface area contributed by atoms with Crippen LogP contribution in [-0.4, -0.2) is 22.5 Å². The Balaban J connectivity index is 2.41. The zero-order valence-electron chi connectivity index (χ0n) is 7.17. The van der Waals surface area contributed by atoms with E-state index in [1.165, 1.54) is 6.08 Å². The molecular weight excluding hydrogens is 170 g/mol. The van der Waals surface area contributed by atoms with E-state index in [4.69, 9.17) is 0 Å². The number of fused-ring (bicyclic) bond motifs is 1. The van der Waals surface area contributed by atoms with Crippen molar-refractivity contribution in [2.45, 2.75) is 31.3 Å². The van der Waals surface area contributed by atoms with E-state index in [0.29, 0.717) is 18.4 Å². The minimum Gasteiger partial charge on any atom is -0.376 e. The lowest BCUT2D eigenvalue weighted by atomic mass is 9.78. The number of nitrogens with one attached hydrogen (secondary N) is 1. The molecule has 2 amide bonds. The molecule has 13 heavy (non-hydrogen) atoms. The number of carbonyl (C=O) groups is 2. The molecule has 0 unspecified atom stereocenters. The number of carbonyl (C=O) groups excluding carboxylic acids is 2. The summed E-state index contributed by atoms with van der Waals surface area (Å²) in [5.74, 6) is -0.971. The van der Waals surface area contributed by atoms with Crippen LogP contribution in [0.3, 0.4) is 0 Å². The highest BCUT2D eigenvalue weighted by Gasteiger charge is 2.44. The van der Waals surface area contributed by atoms with Crippen molar-refractivity contribution in [3.63, 3.8) is 0 Å². The third-order valence-electron chi connectivity index (χ3n) is 2.68. The summed E-state index contributed by atoms with van der Waals surface area (Å²) in [6, 6.07) is 0. The average molecular weight is 181 g/mol. The number of aliphatic hydroxyl groups is 1. The maximum atomic E-state index is 11.3. The highest BCUT2D eigenvalue weighted by molar-refractivity contribution is 6.09. The van der Waals surface area contributed by atoms with Crippen molar-refractivity contribution in [3.8, 4) is 0 Å². The Bertz CT molecular complexity index is 308.